The van der Waals surface area contributed by atoms with E-state index in [1.54, 1.807) is 0 Å². The highest BCUT2D eigenvalue weighted by Gasteiger charge is 2.04. The van der Waals surface area contributed by atoms with Gasteiger partial charge in [-0.05, 0) is 36.5 Å². The number of nitrogens with one attached hydrogen (secondary N) is 3. The van der Waals surface area contributed by atoms with Crippen LogP contribution in [0.3, 0.4) is 0 Å². The summed E-state index contributed by atoms with van der Waals surface area (Å²) >= 11 is 5.16. The maximum absolute atomic E-state index is 5.50. The Labute approximate surface area is 121 Å². The van der Waals surface area contributed by atoms with Crippen molar-refractivity contribution in [3.05, 3.63) is 54.6 Å². The normalized spacial score (nSPS) is 10.2. The molecule has 0 bridgehead atoms. The van der Waals surface area contributed by atoms with E-state index >= 15 is 0 Å². The number of oxazole rings is 1. The van der Waals surface area contributed by atoms with Crippen LogP contribution in [0.15, 0.2) is 59.0 Å². The standard InChI is InChI=1S/C14H12N4OS/c20-14(15-10-6-2-1-3-7-10)18-17-13-16-11-8-4-5-9-12(11)19-13/h1-9H,(H,16,17)(H2,15,18,20). The third-order valence-corrected chi connectivity index (χ3v) is 2.81. The molecule has 6 heteroatoms. The predicted octanol–water partition coefficient (Wildman–Crippen LogP) is 3.14. The molecule has 3 rings (SSSR count). The number of anilines is 2. The van der Waals surface area contributed by atoms with E-state index in [1.807, 2.05) is 54.6 Å². The van der Waals surface area contributed by atoms with Gasteiger partial charge >= 0.3 is 6.01 Å². The van der Waals surface area contributed by atoms with Gasteiger partial charge in [-0.2, -0.15) is 4.98 Å². The average Bonchev–Trinajstić information content (AvgIpc) is 2.89. The van der Waals surface area contributed by atoms with Crippen LogP contribution in [0.25, 0.3) is 11.1 Å². The number of thiocarbonyl (C=S) groups is 1. The molecule has 20 heavy (non-hydrogen) atoms. The van der Waals surface area contributed by atoms with Crippen LogP contribution in [0, 0.1) is 0 Å². The van der Waals surface area contributed by atoms with Crippen LogP contribution in [-0.2, 0) is 0 Å². The maximum atomic E-state index is 5.50. The van der Waals surface area contributed by atoms with Crippen molar-refractivity contribution in [3.63, 3.8) is 0 Å². The topological polar surface area (TPSA) is 62.1 Å². The van der Waals surface area contributed by atoms with E-state index in [0.29, 0.717) is 11.1 Å². The molecule has 0 aliphatic carbocycles. The van der Waals surface area contributed by atoms with E-state index in [0.717, 1.165) is 16.8 Å². The number of benzene rings is 2. The summed E-state index contributed by atoms with van der Waals surface area (Å²) in [5.74, 6) is 0. The summed E-state index contributed by atoms with van der Waals surface area (Å²) in [6.07, 6.45) is 0. The van der Waals surface area contributed by atoms with Gasteiger partial charge in [-0.25, -0.2) is 0 Å². The number of rotatable bonds is 3. The van der Waals surface area contributed by atoms with Crippen molar-refractivity contribution in [2.45, 2.75) is 0 Å². The summed E-state index contributed by atoms with van der Waals surface area (Å²) < 4.78 is 5.50. The molecule has 0 spiro atoms. The molecule has 0 fully saturated rings. The molecule has 100 valence electrons. The Hall–Kier alpha value is -2.60. The Morgan fingerprint density at radius 2 is 1.75 bits per heavy atom. The van der Waals surface area contributed by atoms with Gasteiger partial charge in [0.1, 0.15) is 5.52 Å². The lowest BCUT2D eigenvalue weighted by molar-refractivity contribution is 0.612. The molecule has 0 radical (unpaired) electrons. The second-order valence-corrected chi connectivity index (χ2v) is 4.47. The minimum Gasteiger partial charge on any atom is -0.422 e. The van der Waals surface area contributed by atoms with Crippen LogP contribution >= 0.6 is 12.2 Å². The van der Waals surface area contributed by atoms with Gasteiger partial charge in [0.25, 0.3) is 0 Å². The molecular formula is C14H12N4OS. The first-order valence-corrected chi connectivity index (χ1v) is 6.46. The van der Waals surface area contributed by atoms with Crippen molar-refractivity contribution in [1.82, 2.24) is 10.4 Å². The highest BCUT2D eigenvalue weighted by molar-refractivity contribution is 7.80. The van der Waals surface area contributed by atoms with Gasteiger partial charge in [0.2, 0.25) is 0 Å². The molecule has 2 aromatic carbocycles. The molecule has 0 saturated heterocycles. The van der Waals surface area contributed by atoms with Gasteiger partial charge in [-0.1, -0.05) is 30.3 Å². The smallest absolute Gasteiger partial charge is 0.315 e. The molecule has 5 nitrogen and oxygen atoms in total. The molecule has 1 aromatic heterocycles. The number of para-hydroxylation sites is 3. The summed E-state index contributed by atoms with van der Waals surface area (Å²) in [5.41, 5.74) is 8.06. The first-order valence-electron chi connectivity index (χ1n) is 6.05. The molecule has 0 aliphatic heterocycles. The fraction of sp³-hybridized carbons (Fsp3) is 0. The van der Waals surface area contributed by atoms with Crippen LogP contribution < -0.4 is 16.2 Å². The Bertz CT molecular complexity index is 693. The molecule has 0 amide bonds. The highest BCUT2D eigenvalue weighted by Crippen LogP contribution is 2.17. The minimum atomic E-state index is 0.364. The van der Waals surface area contributed by atoms with Crippen molar-refractivity contribution in [1.29, 1.82) is 0 Å². The van der Waals surface area contributed by atoms with Crippen molar-refractivity contribution < 1.29 is 4.42 Å². The van der Waals surface area contributed by atoms with Gasteiger partial charge in [0.15, 0.2) is 10.7 Å². The summed E-state index contributed by atoms with van der Waals surface area (Å²) in [6.45, 7) is 0. The largest absolute Gasteiger partial charge is 0.422 e. The molecule has 0 atom stereocenters. The highest BCUT2D eigenvalue weighted by atomic mass is 32.1. The second kappa shape index (κ2) is 5.58. The lowest BCUT2D eigenvalue weighted by Gasteiger charge is -2.09. The lowest BCUT2D eigenvalue weighted by atomic mass is 10.3. The quantitative estimate of drug-likeness (QED) is 0.507. The lowest BCUT2D eigenvalue weighted by Crippen LogP contribution is -2.33. The first kappa shape index (κ1) is 12.4. The van der Waals surface area contributed by atoms with Crippen LogP contribution in [0.5, 0.6) is 0 Å². The number of fused-ring (bicyclic) bond motifs is 1. The molecule has 0 unspecified atom stereocenters. The van der Waals surface area contributed by atoms with Gasteiger partial charge < -0.3 is 9.73 Å². The van der Waals surface area contributed by atoms with Gasteiger partial charge in [0, 0.05) is 5.69 Å². The SMILES string of the molecule is S=C(NNc1nc2ccccc2o1)Nc1ccccc1. The van der Waals surface area contributed by atoms with E-state index in [9.17, 15) is 0 Å². The van der Waals surface area contributed by atoms with Crippen molar-refractivity contribution in [2.75, 3.05) is 10.7 Å². The van der Waals surface area contributed by atoms with Gasteiger partial charge in [0.05, 0.1) is 0 Å². The summed E-state index contributed by atoms with van der Waals surface area (Å²) in [4.78, 5) is 4.26. The zero-order chi connectivity index (χ0) is 13.8. The monoisotopic (exact) mass is 284 g/mol. The summed E-state index contributed by atoms with van der Waals surface area (Å²) in [7, 11) is 0. The minimum absolute atomic E-state index is 0.364. The average molecular weight is 284 g/mol. The van der Waals surface area contributed by atoms with Gasteiger partial charge in [-0.15, -0.1) is 0 Å². The Morgan fingerprint density at radius 1 is 1.00 bits per heavy atom. The van der Waals surface area contributed by atoms with Crippen molar-refractivity contribution >= 4 is 40.1 Å². The van der Waals surface area contributed by atoms with E-state index in [4.69, 9.17) is 16.6 Å². The Kier molecular flexibility index (Phi) is 3.47. The van der Waals surface area contributed by atoms with E-state index in [1.165, 1.54) is 0 Å². The predicted molar refractivity (Wildman–Crippen MR) is 83.4 cm³/mol. The third-order valence-electron chi connectivity index (χ3n) is 2.61. The van der Waals surface area contributed by atoms with Gasteiger partial charge in [-0.3, -0.25) is 10.9 Å². The van der Waals surface area contributed by atoms with E-state index < -0.39 is 0 Å². The number of hydrogen-bond donors (Lipinski definition) is 3. The van der Waals surface area contributed by atoms with Crippen LogP contribution in [0.2, 0.25) is 0 Å². The first-order chi connectivity index (χ1) is 9.81. The Morgan fingerprint density at radius 3 is 2.55 bits per heavy atom. The van der Waals surface area contributed by atoms with Crippen LogP contribution in [0.1, 0.15) is 0 Å². The zero-order valence-corrected chi connectivity index (χ0v) is 11.3. The zero-order valence-electron chi connectivity index (χ0n) is 10.5. The number of aromatic nitrogens is 1. The van der Waals surface area contributed by atoms with Crippen molar-refractivity contribution in [2.24, 2.45) is 0 Å². The molecular weight excluding hydrogens is 272 g/mol. The summed E-state index contributed by atoms with van der Waals surface area (Å²) in [6, 6.07) is 17.6. The maximum Gasteiger partial charge on any atom is 0.315 e. The number of hydrogen-bond acceptors (Lipinski definition) is 4. The molecule has 1 heterocycles. The fourth-order valence-electron chi connectivity index (χ4n) is 1.72. The van der Waals surface area contributed by atoms with Crippen LogP contribution in [0.4, 0.5) is 11.7 Å². The fourth-order valence-corrected chi connectivity index (χ4v) is 1.89. The molecule has 0 aliphatic rings. The van der Waals surface area contributed by atoms with Crippen LogP contribution in [-0.4, -0.2) is 10.1 Å². The van der Waals surface area contributed by atoms with Crippen molar-refractivity contribution in [3.8, 4) is 0 Å². The number of hydrazine groups is 1. The number of nitrogens with zero attached hydrogens (tertiary/aromatic N) is 1. The third kappa shape index (κ3) is 2.86. The molecule has 3 N–H and O–H groups in total. The second-order valence-electron chi connectivity index (χ2n) is 4.06. The molecule has 3 aromatic rings. The summed E-state index contributed by atoms with van der Waals surface area (Å²) in [5, 5.41) is 3.46. The Balaban J connectivity index is 1.60. The molecule has 0 saturated carbocycles. The van der Waals surface area contributed by atoms with E-state index in [2.05, 4.69) is 21.2 Å². The van der Waals surface area contributed by atoms with E-state index in [-0.39, 0.29) is 0 Å².